The molecule has 8 heteroatoms. The quantitative estimate of drug-likeness (QED) is 0.526. The molecule has 1 aromatic heterocycles. The van der Waals surface area contributed by atoms with Gasteiger partial charge in [-0.1, -0.05) is 49.1 Å². The van der Waals surface area contributed by atoms with Crippen LogP contribution in [0.5, 0.6) is 5.75 Å². The summed E-state index contributed by atoms with van der Waals surface area (Å²) in [4.78, 5) is 41.3. The van der Waals surface area contributed by atoms with Gasteiger partial charge < -0.3 is 20.4 Å². The average molecular weight is 394 g/mol. The predicted molar refractivity (Wildman–Crippen MR) is 107 cm³/mol. The number of pyridine rings is 1. The largest absolute Gasteiger partial charge is 0.506 e. The van der Waals surface area contributed by atoms with Crippen LogP contribution in [0.25, 0.3) is 22.0 Å². The lowest BCUT2D eigenvalue weighted by atomic mass is 10.0. The summed E-state index contributed by atoms with van der Waals surface area (Å²) in [6, 6.07) is 14.3. The lowest BCUT2D eigenvalue weighted by Crippen LogP contribution is -2.37. The van der Waals surface area contributed by atoms with Crippen LogP contribution in [-0.4, -0.2) is 40.0 Å². The number of hydrogen-bond donors (Lipinski definition) is 3. The van der Waals surface area contributed by atoms with Crippen LogP contribution in [-0.2, 0) is 4.79 Å². The number of hydrogen-bond acceptors (Lipinski definition) is 5. The summed E-state index contributed by atoms with van der Waals surface area (Å²) in [7, 11) is 0. The van der Waals surface area contributed by atoms with Crippen LogP contribution in [0.3, 0.4) is 0 Å². The molecular formula is C21H18N2O6. The summed E-state index contributed by atoms with van der Waals surface area (Å²) in [5.41, 5.74) is 0.360. The number of aliphatic carboxylic acids is 1. The molecule has 29 heavy (non-hydrogen) atoms. The van der Waals surface area contributed by atoms with Crippen molar-refractivity contribution in [3.05, 3.63) is 77.1 Å². The van der Waals surface area contributed by atoms with Gasteiger partial charge in [0.15, 0.2) is 5.56 Å². The van der Waals surface area contributed by atoms with E-state index in [4.69, 9.17) is 9.94 Å². The maximum atomic E-state index is 12.8. The van der Waals surface area contributed by atoms with Gasteiger partial charge in [0.1, 0.15) is 18.9 Å². The van der Waals surface area contributed by atoms with E-state index in [-0.39, 0.29) is 17.5 Å². The van der Waals surface area contributed by atoms with Gasteiger partial charge in [0.25, 0.3) is 11.5 Å². The smallest absolute Gasteiger partial charge is 0.322 e. The summed E-state index contributed by atoms with van der Waals surface area (Å²) < 4.78 is 0.890. The van der Waals surface area contributed by atoms with Crippen molar-refractivity contribution in [3.63, 3.8) is 0 Å². The Kier molecular flexibility index (Phi) is 5.64. The Balaban J connectivity index is 2.24. The predicted octanol–water partition coefficient (Wildman–Crippen LogP) is 1.80. The molecule has 8 nitrogen and oxygen atoms in total. The van der Waals surface area contributed by atoms with E-state index < -0.39 is 35.3 Å². The molecular weight excluding hydrogens is 376 g/mol. The fourth-order valence-electron chi connectivity index (χ4n) is 2.86. The van der Waals surface area contributed by atoms with Crippen molar-refractivity contribution >= 4 is 22.8 Å². The lowest BCUT2D eigenvalue weighted by molar-refractivity contribution is -0.135. The third-order valence-corrected chi connectivity index (χ3v) is 4.16. The first kappa shape index (κ1) is 19.7. The number of carbonyl (C=O) groups excluding carboxylic acids is 1. The van der Waals surface area contributed by atoms with Crippen LogP contribution in [0.4, 0.5) is 0 Å². The van der Waals surface area contributed by atoms with Crippen LogP contribution in [0.2, 0.25) is 0 Å². The van der Waals surface area contributed by atoms with Gasteiger partial charge in [-0.3, -0.25) is 14.4 Å². The molecule has 0 aliphatic rings. The molecule has 0 unspecified atom stereocenters. The minimum Gasteiger partial charge on any atom is -0.506 e. The summed E-state index contributed by atoms with van der Waals surface area (Å²) in [6.07, 6.45) is 1.42. The first-order valence-corrected chi connectivity index (χ1v) is 8.65. The number of benzene rings is 2. The van der Waals surface area contributed by atoms with Gasteiger partial charge in [0.2, 0.25) is 0 Å². The number of carbonyl (C=O) groups is 2. The highest BCUT2D eigenvalue weighted by Crippen LogP contribution is 2.30. The van der Waals surface area contributed by atoms with Crippen molar-refractivity contribution in [3.8, 4) is 16.9 Å². The van der Waals surface area contributed by atoms with E-state index in [1.54, 1.807) is 18.2 Å². The standard InChI is InChI=1S/C21H18N2O6/c1-2-10-29-23-16-9-8-14(13-6-4-3-5-7-13)11-15(16)19(26)18(21(23)28)20(27)22-12-17(24)25/h2-9,11,26H,1,10,12H2,(H,22,27)(H,24,25). The van der Waals surface area contributed by atoms with Gasteiger partial charge in [-0.2, -0.15) is 0 Å². The van der Waals surface area contributed by atoms with Crippen LogP contribution < -0.4 is 15.7 Å². The molecule has 1 amide bonds. The van der Waals surface area contributed by atoms with E-state index in [0.29, 0.717) is 0 Å². The molecule has 0 spiro atoms. The Morgan fingerprint density at radius 3 is 2.52 bits per heavy atom. The highest BCUT2D eigenvalue weighted by atomic mass is 16.7. The summed E-state index contributed by atoms with van der Waals surface area (Å²) in [5.74, 6) is -2.85. The molecule has 0 atom stereocenters. The molecule has 0 aliphatic heterocycles. The number of nitrogens with zero attached hydrogens (tertiary/aromatic N) is 1. The highest BCUT2D eigenvalue weighted by molar-refractivity contribution is 6.03. The maximum absolute atomic E-state index is 12.8. The summed E-state index contributed by atoms with van der Waals surface area (Å²) >= 11 is 0. The fourth-order valence-corrected chi connectivity index (χ4v) is 2.86. The zero-order chi connectivity index (χ0) is 21.0. The van der Waals surface area contributed by atoms with Gasteiger partial charge >= 0.3 is 5.97 Å². The molecule has 0 fully saturated rings. The van der Waals surface area contributed by atoms with Gasteiger partial charge in [-0.05, 0) is 23.3 Å². The van der Waals surface area contributed by atoms with Crippen LogP contribution in [0, 0.1) is 0 Å². The van der Waals surface area contributed by atoms with E-state index in [0.717, 1.165) is 15.9 Å². The van der Waals surface area contributed by atoms with Crippen LogP contribution in [0.15, 0.2) is 66.0 Å². The number of amides is 1. The van der Waals surface area contributed by atoms with Crippen molar-refractivity contribution in [1.29, 1.82) is 0 Å². The molecule has 3 N–H and O–H groups in total. The van der Waals surface area contributed by atoms with Gasteiger partial charge in [-0.25, -0.2) is 0 Å². The molecule has 3 rings (SSSR count). The summed E-state index contributed by atoms with van der Waals surface area (Å²) in [5, 5.41) is 21.7. The molecule has 0 bridgehead atoms. The molecule has 0 aliphatic carbocycles. The third-order valence-electron chi connectivity index (χ3n) is 4.16. The van der Waals surface area contributed by atoms with Gasteiger partial charge in [-0.15, -0.1) is 4.73 Å². The number of carboxylic acids is 1. The van der Waals surface area contributed by atoms with E-state index in [1.807, 2.05) is 30.3 Å². The molecule has 2 aromatic carbocycles. The van der Waals surface area contributed by atoms with E-state index in [1.165, 1.54) is 6.08 Å². The molecule has 148 valence electrons. The van der Waals surface area contributed by atoms with E-state index >= 15 is 0 Å². The molecule has 0 saturated heterocycles. The van der Waals surface area contributed by atoms with Gasteiger partial charge in [0, 0.05) is 5.39 Å². The maximum Gasteiger partial charge on any atom is 0.322 e. The molecule has 0 saturated carbocycles. The Bertz CT molecular complexity index is 1150. The van der Waals surface area contributed by atoms with Gasteiger partial charge in [0.05, 0.1) is 5.52 Å². The van der Waals surface area contributed by atoms with E-state index in [2.05, 4.69) is 11.9 Å². The number of carboxylic acid groups (broad SMARTS) is 1. The van der Waals surface area contributed by atoms with Crippen molar-refractivity contribution in [1.82, 2.24) is 10.0 Å². The van der Waals surface area contributed by atoms with Crippen molar-refractivity contribution in [2.24, 2.45) is 0 Å². The first-order valence-electron chi connectivity index (χ1n) is 8.65. The normalized spacial score (nSPS) is 10.5. The van der Waals surface area contributed by atoms with Crippen LogP contribution >= 0.6 is 0 Å². The number of aromatic nitrogens is 1. The van der Waals surface area contributed by atoms with Crippen molar-refractivity contribution < 1.29 is 24.6 Å². The number of rotatable bonds is 7. The zero-order valence-electron chi connectivity index (χ0n) is 15.3. The number of aromatic hydroxyl groups is 1. The molecule has 1 heterocycles. The van der Waals surface area contributed by atoms with E-state index in [9.17, 15) is 19.5 Å². The SMILES string of the molecule is C=CCOn1c(=O)c(C(=O)NCC(=O)O)c(O)c2cc(-c3ccccc3)ccc21. The molecule has 0 radical (unpaired) electrons. The lowest BCUT2D eigenvalue weighted by Gasteiger charge is -2.15. The molecule has 3 aromatic rings. The van der Waals surface area contributed by atoms with Crippen LogP contribution in [0.1, 0.15) is 10.4 Å². The Morgan fingerprint density at radius 1 is 1.14 bits per heavy atom. The second-order valence-corrected chi connectivity index (χ2v) is 6.08. The summed E-state index contributed by atoms with van der Waals surface area (Å²) in [6.45, 7) is 2.81. The topological polar surface area (TPSA) is 118 Å². The zero-order valence-corrected chi connectivity index (χ0v) is 15.3. The third kappa shape index (κ3) is 3.96. The Labute approximate surface area is 165 Å². The number of nitrogens with one attached hydrogen (secondary N) is 1. The second-order valence-electron chi connectivity index (χ2n) is 6.08. The second kappa shape index (κ2) is 8.30. The van der Waals surface area contributed by atoms with Crippen molar-refractivity contribution in [2.75, 3.05) is 13.2 Å². The first-order chi connectivity index (χ1) is 13.9. The Hall–Kier alpha value is -4.07. The minimum absolute atomic E-state index is 0.0175. The minimum atomic E-state index is -1.28. The highest BCUT2D eigenvalue weighted by Gasteiger charge is 2.23. The number of fused-ring (bicyclic) bond motifs is 1. The van der Waals surface area contributed by atoms with Crippen molar-refractivity contribution in [2.45, 2.75) is 0 Å². The Morgan fingerprint density at radius 2 is 1.86 bits per heavy atom. The average Bonchev–Trinajstić information content (AvgIpc) is 2.72. The monoisotopic (exact) mass is 394 g/mol. The fraction of sp³-hybridized carbons (Fsp3) is 0.0952.